The van der Waals surface area contributed by atoms with Crippen molar-refractivity contribution in [2.45, 2.75) is 4.90 Å². The first kappa shape index (κ1) is 25.1. The third kappa shape index (κ3) is 5.69. The molecule has 1 amide bonds. The lowest BCUT2D eigenvalue weighted by Gasteiger charge is -2.34. The zero-order chi connectivity index (χ0) is 24.9. The molecule has 0 spiro atoms. The summed E-state index contributed by atoms with van der Waals surface area (Å²) in [4.78, 5) is 37.8. The average Bonchev–Trinajstić information content (AvgIpc) is 2.86. The molecule has 34 heavy (non-hydrogen) atoms. The van der Waals surface area contributed by atoms with Crippen LogP contribution in [0.3, 0.4) is 0 Å². The van der Waals surface area contributed by atoms with Gasteiger partial charge in [0.2, 0.25) is 15.9 Å². The number of halogens is 1. The van der Waals surface area contributed by atoms with Crippen LogP contribution in [0, 0.1) is 5.82 Å². The molecule has 2 aromatic carbocycles. The Morgan fingerprint density at radius 3 is 2.06 bits per heavy atom. The van der Waals surface area contributed by atoms with Gasteiger partial charge in [0.25, 0.3) is 0 Å². The van der Waals surface area contributed by atoms with Crippen LogP contribution in [-0.4, -0.2) is 82.4 Å². The molecule has 1 saturated heterocycles. The maximum Gasteiger partial charge on any atom is 0.337 e. The van der Waals surface area contributed by atoms with E-state index in [1.54, 1.807) is 0 Å². The molecule has 2 aromatic rings. The van der Waals surface area contributed by atoms with E-state index in [1.165, 1.54) is 53.8 Å². The maximum absolute atomic E-state index is 13.4. The number of hydrogen-bond acceptors (Lipinski definition) is 8. The summed E-state index contributed by atoms with van der Waals surface area (Å²) in [7, 11) is -1.46. The van der Waals surface area contributed by atoms with Gasteiger partial charge in [-0.05, 0) is 36.4 Å². The maximum atomic E-state index is 13.4. The van der Waals surface area contributed by atoms with E-state index in [0.717, 1.165) is 12.1 Å². The van der Waals surface area contributed by atoms with Crippen molar-refractivity contribution >= 4 is 33.6 Å². The van der Waals surface area contributed by atoms with Crippen LogP contribution < -0.4 is 5.32 Å². The predicted octanol–water partition coefficient (Wildman–Crippen LogP) is 1.34. The highest BCUT2D eigenvalue weighted by atomic mass is 32.2. The van der Waals surface area contributed by atoms with Gasteiger partial charge in [0.05, 0.1) is 36.8 Å². The minimum Gasteiger partial charge on any atom is -0.465 e. The molecule has 12 heteroatoms. The first-order valence-electron chi connectivity index (χ1n) is 10.2. The molecule has 0 bridgehead atoms. The van der Waals surface area contributed by atoms with Gasteiger partial charge in [0, 0.05) is 31.9 Å². The molecule has 0 saturated carbocycles. The van der Waals surface area contributed by atoms with Gasteiger partial charge in [-0.1, -0.05) is 6.07 Å². The van der Waals surface area contributed by atoms with Crippen molar-refractivity contribution in [3.05, 3.63) is 59.4 Å². The van der Waals surface area contributed by atoms with Gasteiger partial charge in [0.1, 0.15) is 5.82 Å². The molecule has 0 aliphatic carbocycles. The first-order valence-corrected chi connectivity index (χ1v) is 11.7. The van der Waals surface area contributed by atoms with Crippen LogP contribution in [0.25, 0.3) is 0 Å². The molecule has 3 rings (SSSR count). The van der Waals surface area contributed by atoms with Crippen LogP contribution in [0.1, 0.15) is 20.7 Å². The second-order valence-corrected chi connectivity index (χ2v) is 9.32. The standard InChI is InChI=1S/C22H24FN3O7S/c1-32-21(28)15-10-16(22(29)33-2)12-18(11-15)24-14-20(27)25-6-8-26(9-7-25)34(30,31)19-5-3-4-17(23)13-19/h3-5,10-13,24H,6-9,14H2,1-2H3. The Balaban J connectivity index is 1.62. The summed E-state index contributed by atoms with van der Waals surface area (Å²) >= 11 is 0. The van der Waals surface area contributed by atoms with Crippen molar-refractivity contribution in [2.75, 3.05) is 52.3 Å². The van der Waals surface area contributed by atoms with Gasteiger partial charge in [-0.2, -0.15) is 4.31 Å². The Labute approximate surface area is 196 Å². The lowest BCUT2D eigenvalue weighted by molar-refractivity contribution is -0.130. The molecule has 0 atom stereocenters. The summed E-state index contributed by atoms with van der Waals surface area (Å²) in [5, 5.41) is 2.87. The fraction of sp³-hybridized carbons (Fsp3) is 0.318. The molecule has 0 radical (unpaired) electrons. The lowest BCUT2D eigenvalue weighted by atomic mass is 10.1. The smallest absolute Gasteiger partial charge is 0.337 e. The fourth-order valence-corrected chi connectivity index (χ4v) is 4.90. The predicted molar refractivity (Wildman–Crippen MR) is 119 cm³/mol. The number of benzene rings is 2. The highest BCUT2D eigenvalue weighted by Gasteiger charge is 2.30. The Morgan fingerprint density at radius 2 is 1.53 bits per heavy atom. The van der Waals surface area contributed by atoms with Gasteiger partial charge < -0.3 is 19.7 Å². The molecular weight excluding hydrogens is 469 g/mol. The molecule has 1 N–H and O–H groups in total. The van der Waals surface area contributed by atoms with E-state index in [4.69, 9.17) is 0 Å². The highest BCUT2D eigenvalue weighted by molar-refractivity contribution is 7.89. The zero-order valence-electron chi connectivity index (χ0n) is 18.6. The highest BCUT2D eigenvalue weighted by Crippen LogP contribution is 2.19. The molecule has 0 aromatic heterocycles. The number of piperazine rings is 1. The van der Waals surface area contributed by atoms with Crippen LogP contribution >= 0.6 is 0 Å². The number of rotatable bonds is 7. The van der Waals surface area contributed by atoms with Crippen LogP contribution in [0.4, 0.5) is 10.1 Å². The largest absolute Gasteiger partial charge is 0.465 e. The molecule has 1 fully saturated rings. The summed E-state index contributed by atoms with van der Waals surface area (Å²) in [5.41, 5.74) is 0.553. The van der Waals surface area contributed by atoms with Crippen molar-refractivity contribution in [3.8, 4) is 0 Å². The minimum absolute atomic E-state index is 0.0644. The van der Waals surface area contributed by atoms with Gasteiger partial charge in [0.15, 0.2) is 0 Å². The van der Waals surface area contributed by atoms with E-state index in [2.05, 4.69) is 14.8 Å². The average molecular weight is 494 g/mol. The monoisotopic (exact) mass is 493 g/mol. The van der Waals surface area contributed by atoms with Gasteiger partial charge in [-0.25, -0.2) is 22.4 Å². The molecular formula is C22H24FN3O7S. The van der Waals surface area contributed by atoms with E-state index < -0.39 is 27.8 Å². The summed E-state index contributed by atoms with van der Waals surface area (Å²) in [6, 6.07) is 8.98. The van der Waals surface area contributed by atoms with Crippen molar-refractivity contribution in [2.24, 2.45) is 0 Å². The second kappa shape index (κ2) is 10.6. The van der Waals surface area contributed by atoms with Crippen molar-refractivity contribution in [1.29, 1.82) is 0 Å². The Kier molecular flexibility index (Phi) is 7.84. The number of carbonyl (C=O) groups is 3. The number of esters is 2. The number of sulfonamides is 1. The number of carbonyl (C=O) groups excluding carboxylic acids is 3. The second-order valence-electron chi connectivity index (χ2n) is 7.38. The third-order valence-corrected chi connectivity index (χ3v) is 7.14. The Hall–Kier alpha value is -3.51. The Bertz CT molecular complexity index is 1160. The van der Waals surface area contributed by atoms with Gasteiger partial charge in [-0.3, -0.25) is 4.79 Å². The number of amides is 1. The fourth-order valence-electron chi connectivity index (χ4n) is 3.44. The molecule has 1 aliphatic rings. The number of nitrogens with zero attached hydrogens (tertiary/aromatic N) is 2. The normalized spacial score (nSPS) is 14.4. The van der Waals surface area contributed by atoms with E-state index in [-0.39, 0.29) is 54.7 Å². The molecule has 1 aliphatic heterocycles. The number of nitrogens with one attached hydrogen (secondary N) is 1. The summed E-state index contributed by atoms with van der Waals surface area (Å²) in [6.45, 7) is 0.293. The summed E-state index contributed by atoms with van der Waals surface area (Å²) < 4.78 is 49.5. The number of ether oxygens (including phenoxy) is 2. The summed E-state index contributed by atoms with van der Waals surface area (Å²) in [5.74, 6) is -2.26. The van der Waals surface area contributed by atoms with Crippen molar-refractivity contribution < 1.29 is 36.7 Å². The van der Waals surface area contributed by atoms with Crippen LogP contribution in [0.5, 0.6) is 0 Å². The van der Waals surface area contributed by atoms with Crippen LogP contribution in [0.15, 0.2) is 47.4 Å². The van der Waals surface area contributed by atoms with Crippen molar-refractivity contribution in [3.63, 3.8) is 0 Å². The Morgan fingerprint density at radius 1 is 0.941 bits per heavy atom. The lowest BCUT2D eigenvalue weighted by Crippen LogP contribution is -2.51. The number of hydrogen-bond donors (Lipinski definition) is 1. The number of methoxy groups -OCH3 is 2. The van der Waals surface area contributed by atoms with Crippen molar-refractivity contribution in [1.82, 2.24) is 9.21 Å². The van der Waals surface area contributed by atoms with E-state index in [0.29, 0.717) is 5.69 Å². The molecule has 1 heterocycles. The van der Waals surface area contributed by atoms with Crippen LogP contribution in [-0.2, 0) is 24.3 Å². The van der Waals surface area contributed by atoms with Gasteiger partial charge >= 0.3 is 11.9 Å². The van der Waals surface area contributed by atoms with E-state index in [9.17, 15) is 27.2 Å². The van der Waals surface area contributed by atoms with E-state index >= 15 is 0 Å². The number of anilines is 1. The summed E-state index contributed by atoms with van der Waals surface area (Å²) in [6.07, 6.45) is 0. The van der Waals surface area contributed by atoms with Gasteiger partial charge in [-0.15, -0.1) is 0 Å². The minimum atomic E-state index is -3.87. The molecule has 0 unspecified atom stereocenters. The topological polar surface area (TPSA) is 122 Å². The molecule has 10 nitrogen and oxygen atoms in total. The quantitative estimate of drug-likeness (QED) is 0.574. The zero-order valence-corrected chi connectivity index (χ0v) is 19.4. The van der Waals surface area contributed by atoms with Crippen LogP contribution in [0.2, 0.25) is 0 Å². The molecule has 182 valence electrons. The first-order chi connectivity index (χ1) is 16.1. The third-order valence-electron chi connectivity index (χ3n) is 5.24. The van der Waals surface area contributed by atoms with E-state index in [1.807, 2.05) is 0 Å². The SMILES string of the molecule is COC(=O)c1cc(NCC(=O)N2CCN(S(=O)(=O)c3cccc(F)c3)CC2)cc(C(=O)OC)c1.